The first kappa shape index (κ1) is 14.2. The van der Waals surface area contributed by atoms with Crippen LogP contribution in [0.1, 0.15) is 11.0 Å². The summed E-state index contributed by atoms with van der Waals surface area (Å²) in [5.74, 6) is 0.545. The van der Waals surface area contributed by atoms with Crippen LogP contribution in [0, 0.1) is 0 Å². The number of halogens is 3. The van der Waals surface area contributed by atoms with Crippen molar-refractivity contribution in [3.05, 3.63) is 49.0 Å². The third kappa shape index (κ3) is 3.19. The van der Waals surface area contributed by atoms with Gasteiger partial charge in [-0.1, -0.05) is 29.3 Å². The Hall–Kier alpha value is -0.260. The average molecular weight is 367 g/mol. The standard InChI is InChI=1S/C12H10BrCl2NOS/c13-7-4-11(18-6-7)10(5-16)17-9-3-1-2-8(14)12(9)15/h1-4,6,10H,5,16H2. The maximum absolute atomic E-state index is 6.08. The maximum atomic E-state index is 6.08. The van der Waals surface area contributed by atoms with Gasteiger partial charge in [0.1, 0.15) is 16.9 Å². The maximum Gasteiger partial charge on any atom is 0.145 e. The van der Waals surface area contributed by atoms with Gasteiger partial charge in [0.15, 0.2) is 0 Å². The second kappa shape index (κ2) is 6.26. The Morgan fingerprint density at radius 1 is 1.39 bits per heavy atom. The lowest BCUT2D eigenvalue weighted by Gasteiger charge is -2.17. The molecule has 1 unspecified atom stereocenters. The highest BCUT2D eigenvalue weighted by Gasteiger charge is 2.16. The van der Waals surface area contributed by atoms with Gasteiger partial charge in [0.25, 0.3) is 0 Å². The van der Waals surface area contributed by atoms with E-state index in [1.807, 2.05) is 11.4 Å². The highest BCUT2D eigenvalue weighted by atomic mass is 79.9. The quantitative estimate of drug-likeness (QED) is 0.835. The van der Waals surface area contributed by atoms with Crippen LogP contribution in [-0.2, 0) is 0 Å². The van der Waals surface area contributed by atoms with Crippen molar-refractivity contribution >= 4 is 50.5 Å². The lowest BCUT2D eigenvalue weighted by Crippen LogP contribution is -2.17. The Morgan fingerprint density at radius 2 is 2.17 bits per heavy atom. The summed E-state index contributed by atoms with van der Waals surface area (Å²) in [4.78, 5) is 1.04. The minimum Gasteiger partial charge on any atom is -0.482 e. The molecule has 0 bridgehead atoms. The van der Waals surface area contributed by atoms with Gasteiger partial charge in [-0.15, -0.1) is 11.3 Å². The van der Waals surface area contributed by atoms with E-state index in [0.717, 1.165) is 9.35 Å². The molecule has 1 heterocycles. The van der Waals surface area contributed by atoms with Gasteiger partial charge in [0.2, 0.25) is 0 Å². The highest BCUT2D eigenvalue weighted by molar-refractivity contribution is 9.10. The smallest absolute Gasteiger partial charge is 0.145 e. The first-order valence-electron chi connectivity index (χ1n) is 5.16. The monoisotopic (exact) mass is 365 g/mol. The first-order valence-corrected chi connectivity index (χ1v) is 7.59. The fourth-order valence-electron chi connectivity index (χ4n) is 1.45. The molecule has 0 amide bonds. The Labute approximate surface area is 128 Å². The molecule has 0 spiro atoms. The Bertz CT molecular complexity index is 547. The zero-order valence-corrected chi connectivity index (χ0v) is 13.1. The summed E-state index contributed by atoms with van der Waals surface area (Å²) in [5.41, 5.74) is 5.74. The third-order valence-corrected chi connectivity index (χ3v) is 4.89. The van der Waals surface area contributed by atoms with Crippen molar-refractivity contribution < 1.29 is 4.74 Å². The molecule has 1 aromatic heterocycles. The van der Waals surface area contributed by atoms with E-state index in [2.05, 4.69) is 15.9 Å². The molecule has 0 aliphatic carbocycles. The SMILES string of the molecule is NCC(Oc1cccc(Cl)c1Cl)c1cc(Br)cs1. The number of rotatable bonds is 4. The molecular formula is C12H10BrCl2NOS. The van der Waals surface area contributed by atoms with Gasteiger partial charge in [-0.25, -0.2) is 0 Å². The van der Waals surface area contributed by atoms with Crippen LogP contribution in [-0.4, -0.2) is 6.54 Å². The molecule has 0 saturated carbocycles. The molecule has 0 saturated heterocycles. The van der Waals surface area contributed by atoms with Crippen molar-refractivity contribution in [1.82, 2.24) is 0 Å². The van der Waals surface area contributed by atoms with E-state index in [4.69, 9.17) is 33.7 Å². The summed E-state index contributed by atoms with van der Waals surface area (Å²) in [6, 6.07) is 7.28. The van der Waals surface area contributed by atoms with Crippen molar-refractivity contribution in [3.8, 4) is 5.75 Å². The highest BCUT2D eigenvalue weighted by Crippen LogP contribution is 2.35. The normalized spacial score (nSPS) is 12.4. The summed E-state index contributed by atoms with van der Waals surface area (Å²) in [6.45, 7) is 0.371. The van der Waals surface area contributed by atoms with Crippen LogP contribution in [0.4, 0.5) is 0 Å². The number of nitrogens with two attached hydrogens (primary N) is 1. The van der Waals surface area contributed by atoms with Gasteiger partial charge in [-0.05, 0) is 34.1 Å². The molecule has 2 aromatic rings. The fourth-order valence-corrected chi connectivity index (χ4v) is 3.27. The molecule has 6 heteroatoms. The number of hydrogen-bond donors (Lipinski definition) is 1. The van der Waals surface area contributed by atoms with Gasteiger partial charge in [-0.2, -0.15) is 0 Å². The van der Waals surface area contributed by atoms with Gasteiger partial charge in [-0.3, -0.25) is 0 Å². The van der Waals surface area contributed by atoms with Crippen molar-refractivity contribution in [2.75, 3.05) is 6.54 Å². The van der Waals surface area contributed by atoms with Gasteiger partial charge in [0.05, 0.1) is 5.02 Å². The van der Waals surface area contributed by atoms with Gasteiger partial charge in [0, 0.05) is 21.3 Å². The zero-order chi connectivity index (χ0) is 13.1. The molecule has 0 aliphatic heterocycles. The van der Waals surface area contributed by atoms with Crippen molar-refractivity contribution in [1.29, 1.82) is 0 Å². The Balaban J connectivity index is 2.23. The Morgan fingerprint density at radius 3 is 2.78 bits per heavy atom. The summed E-state index contributed by atoms with van der Waals surface area (Å²) in [5, 5.41) is 2.87. The predicted octanol–water partition coefficient (Wildman–Crippen LogP) is 4.90. The van der Waals surface area contributed by atoms with E-state index in [0.29, 0.717) is 22.3 Å². The molecule has 1 aromatic carbocycles. The molecule has 18 heavy (non-hydrogen) atoms. The minimum atomic E-state index is -0.225. The zero-order valence-electron chi connectivity index (χ0n) is 9.20. The van der Waals surface area contributed by atoms with Crippen LogP contribution < -0.4 is 10.5 Å². The topological polar surface area (TPSA) is 35.2 Å². The second-order valence-electron chi connectivity index (χ2n) is 3.56. The number of benzene rings is 1. The summed E-state index contributed by atoms with van der Waals surface area (Å²) < 4.78 is 6.84. The van der Waals surface area contributed by atoms with E-state index in [1.54, 1.807) is 29.5 Å². The van der Waals surface area contributed by atoms with E-state index in [9.17, 15) is 0 Å². The number of hydrogen-bond acceptors (Lipinski definition) is 3. The molecule has 2 N–H and O–H groups in total. The van der Waals surface area contributed by atoms with E-state index in [-0.39, 0.29) is 6.10 Å². The second-order valence-corrected chi connectivity index (χ2v) is 6.21. The largest absolute Gasteiger partial charge is 0.482 e. The van der Waals surface area contributed by atoms with Crippen molar-refractivity contribution in [2.45, 2.75) is 6.10 Å². The lowest BCUT2D eigenvalue weighted by atomic mass is 10.3. The molecule has 0 fully saturated rings. The summed E-state index contributed by atoms with van der Waals surface area (Å²) in [6.07, 6.45) is -0.225. The van der Waals surface area contributed by atoms with Crippen LogP contribution in [0.5, 0.6) is 5.75 Å². The molecule has 2 rings (SSSR count). The van der Waals surface area contributed by atoms with E-state index < -0.39 is 0 Å². The first-order chi connectivity index (χ1) is 8.61. The predicted molar refractivity (Wildman–Crippen MR) is 80.9 cm³/mol. The molecular weight excluding hydrogens is 357 g/mol. The van der Waals surface area contributed by atoms with Crippen molar-refractivity contribution in [2.24, 2.45) is 5.73 Å². The summed E-state index contributed by atoms with van der Waals surface area (Å²) >= 11 is 17.0. The van der Waals surface area contributed by atoms with Crippen LogP contribution in [0.3, 0.4) is 0 Å². The van der Waals surface area contributed by atoms with Crippen LogP contribution in [0.2, 0.25) is 10.0 Å². The van der Waals surface area contributed by atoms with Crippen LogP contribution in [0.15, 0.2) is 34.1 Å². The van der Waals surface area contributed by atoms with Crippen molar-refractivity contribution in [3.63, 3.8) is 0 Å². The van der Waals surface area contributed by atoms with Crippen LogP contribution >= 0.6 is 50.5 Å². The summed E-state index contributed by atoms with van der Waals surface area (Å²) in [7, 11) is 0. The van der Waals surface area contributed by atoms with Crippen LogP contribution in [0.25, 0.3) is 0 Å². The average Bonchev–Trinajstić information content (AvgIpc) is 2.78. The van der Waals surface area contributed by atoms with Gasteiger partial charge >= 0.3 is 0 Å². The molecule has 0 aliphatic rings. The molecule has 2 nitrogen and oxygen atoms in total. The molecule has 96 valence electrons. The van der Waals surface area contributed by atoms with Gasteiger partial charge < -0.3 is 10.5 Å². The van der Waals surface area contributed by atoms with E-state index in [1.165, 1.54) is 0 Å². The lowest BCUT2D eigenvalue weighted by molar-refractivity contribution is 0.218. The van der Waals surface area contributed by atoms with E-state index >= 15 is 0 Å². The fraction of sp³-hybridized carbons (Fsp3) is 0.167. The molecule has 0 radical (unpaired) electrons. The third-order valence-electron chi connectivity index (χ3n) is 2.30. The molecule has 1 atom stereocenters. The minimum absolute atomic E-state index is 0.225. The number of thiophene rings is 1. The number of ether oxygens (including phenoxy) is 1. The Kier molecular flexibility index (Phi) is 4.92.